The Hall–Kier alpha value is -10.8. The molecule has 28 N–H and O–H groups in total. The van der Waals surface area contributed by atoms with Crippen molar-refractivity contribution in [2.45, 2.75) is 254 Å². The van der Waals surface area contributed by atoms with Gasteiger partial charge < -0.3 is 114 Å². The Morgan fingerprint density at radius 3 is 0.630 bits per heavy atom. The van der Waals surface area contributed by atoms with Crippen molar-refractivity contribution in [3.63, 3.8) is 0 Å². The molecule has 35 nitrogen and oxygen atoms in total. The molecule has 0 spiro atoms. The minimum absolute atomic E-state index is 0.000503. The van der Waals surface area contributed by atoms with E-state index in [-0.39, 0.29) is 84.0 Å². The molecule has 0 aliphatic carbocycles. The van der Waals surface area contributed by atoms with E-state index in [2.05, 4.69) is 69.1 Å². The number of aliphatic carboxylic acids is 1. The van der Waals surface area contributed by atoms with Gasteiger partial charge in [0.2, 0.25) is 76.8 Å². The van der Waals surface area contributed by atoms with Crippen molar-refractivity contribution in [2.24, 2.45) is 40.1 Å². The molecule has 0 aliphatic heterocycles. The number of rotatable bonds is 59. The maximum atomic E-state index is 14.8. The summed E-state index contributed by atoms with van der Waals surface area (Å²) in [4.78, 5) is 197. The highest BCUT2D eigenvalue weighted by atomic mass is 16.4. The van der Waals surface area contributed by atoms with Crippen molar-refractivity contribution in [2.75, 3.05) is 39.3 Å². The fourth-order valence-corrected chi connectivity index (χ4v) is 12.7. The zero-order chi connectivity index (χ0) is 87.6. The topological polar surface area (TPSA) is 598 Å². The van der Waals surface area contributed by atoms with Crippen LogP contribution in [0, 0.1) is 0 Å². The summed E-state index contributed by atoms with van der Waals surface area (Å²) in [5, 5.41) is 44.7. The van der Waals surface area contributed by atoms with E-state index in [1.807, 2.05) is 0 Å². The lowest BCUT2D eigenvalue weighted by molar-refractivity contribution is -0.142. The normalized spacial score (nSPS) is 14.6. The van der Waals surface area contributed by atoms with Gasteiger partial charge in [0.25, 0.3) is 0 Å². The Bertz CT molecular complexity index is 3800. The minimum atomic E-state index is -1.41. The first-order valence-corrected chi connectivity index (χ1v) is 41.4. The van der Waals surface area contributed by atoms with Crippen LogP contribution in [0.15, 0.2) is 121 Å². The molecule has 0 saturated carbocycles. The van der Waals surface area contributed by atoms with Gasteiger partial charge in [-0.05, 0) is 198 Å². The molecule has 0 aromatic heterocycles. The monoisotopic (exact) mass is 1660 g/mol. The number of unbranched alkanes of at least 4 members (excludes halogenated alkanes) is 6. The molecular weight excluding hydrogens is 1530 g/mol. The van der Waals surface area contributed by atoms with E-state index in [9.17, 15) is 72.2 Å². The SMILES string of the molecule is C[C@H](NC(=O)[C@H](Cc1ccccc1)NC(=O)[C@H](CCCCN)NC(=O)[C@H](C)NC(=O)[C@H](Cc1ccccc1)NC(=O)[C@H](CCCCN)NC(=O)[C@H](CCCCN)NC(=O)[C@H](C)NC(=O)[C@H](Cc1ccccc1)NC(=O)[C@H](CCCCN)NC(=O)[C@H](C)NC(=O)[C@H](Cc1ccccc1)NC(=O)[C@@H](N)CCCCN)C(=O)N[C@@H](CCCCN)C(=O)O. The molecule has 0 aliphatic rings. The van der Waals surface area contributed by atoms with Crippen molar-refractivity contribution in [3.05, 3.63) is 144 Å². The summed E-state index contributed by atoms with van der Waals surface area (Å²) >= 11 is 0. The average Bonchev–Trinajstić information content (AvgIpc) is 0.861. The number of benzene rings is 4. The van der Waals surface area contributed by atoms with Gasteiger partial charge in [0.15, 0.2) is 0 Å². The third-order valence-corrected chi connectivity index (χ3v) is 19.9. The summed E-state index contributed by atoms with van der Waals surface area (Å²) < 4.78 is 0. The van der Waals surface area contributed by atoms with Crippen molar-refractivity contribution in [1.29, 1.82) is 0 Å². The van der Waals surface area contributed by atoms with Gasteiger partial charge in [-0.2, -0.15) is 0 Å². The summed E-state index contributed by atoms with van der Waals surface area (Å²) in [6.07, 6.45) is 5.44. The first kappa shape index (κ1) is 101. The lowest BCUT2D eigenvalue weighted by Crippen LogP contribution is -2.60. The Morgan fingerprint density at radius 2 is 0.412 bits per heavy atom. The summed E-state index contributed by atoms with van der Waals surface area (Å²) in [6, 6.07) is 16.8. The van der Waals surface area contributed by atoms with Crippen LogP contribution in [0.1, 0.15) is 166 Å². The zero-order valence-corrected chi connectivity index (χ0v) is 69.1. The van der Waals surface area contributed by atoms with Crippen LogP contribution < -0.4 is 109 Å². The first-order valence-electron chi connectivity index (χ1n) is 41.4. The third-order valence-electron chi connectivity index (χ3n) is 19.9. The van der Waals surface area contributed by atoms with Crippen LogP contribution >= 0.6 is 0 Å². The van der Waals surface area contributed by atoms with Crippen molar-refractivity contribution >= 4 is 82.8 Å². The van der Waals surface area contributed by atoms with E-state index in [0.29, 0.717) is 119 Å². The van der Waals surface area contributed by atoms with E-state index < -0.39 is 167 Å². The van der Waals surface area contributed by atoms with E-state index in [1.165, 1.54) is 27.7 Å². The quantitative estimate of drug-likeness (QED) is 0.0224. The standard InChI is InChI=1S/C84H130N20O15/c1-53(92-80(114)67(49-57-29-9-5-10-30-57)101-75(109)61(91)37-17-23-43-85)72(106)97-63(39-19-25-45-87)77(111)102-68(50-58-31-11-6-12-32-58)81(115)93-54(2)71(105)96-62(38-18-24-44-86)76(110)99-65(41-21-27-47-89)79(113)104-70(52-60-35-15-8-16-36-60)82(116)94-55(3)73(107)98-64(40-20-26-46-88)78(112)103-69(51-59-33-13-7-14-34-59)83(117)95-56(4)74(108)100-66(84(118)119)42-22-28-48-90/h5-16,29-36,53-56,61-70H,17-28,37-52,85-91H2,1-4H3,(H,92,114)(H,93,115)(H,94,116)(H,95,117)(H,96,105)(H,97,106)(H,98,107)(H,99,110)(H,100,108)(H,101,109)(H,102,111)(H,103,112)(H,104,113)(H,118,119)/t53-,54-,55-,56-,61-,62-,63-,64-,65-,66-,67-,68-,69-,70-/m0/s1. The van der Waals surface area contributed by atoms with Gasteiger partial charge in [0, 0.05) is 25.7 Å². The lowest BCUT2D eigenvalue weighted by atomic mass is 10.0. The molecule has 0 radical (unpaired) electrons. The van der Waals surface area contributed by atoms with Crippen LogP contribution in [0.25, 0.3) is 0 Å². The van der Waals surface area contributed by atoms with Crippen LogP contribution in [0.3, 0.4) is 0 Å². The van der Waals surface area contributed by atoms with Gasteiger partial charge in [0.1, 0.15) is 78.5 Å². The van der Waals surface area contributed by atoms with Gasteiger partial charge >= 0.3 is 5.97 Å². The smallest absolute Gasteiger partial charge is 0.326 e. The lowest BCUT2D eigenvalue weighted by Gasteiger charge is -2.28. The van der Waals surface area contributed by atoms with Crippen LogP contribution in [0.4, 0.5) is 0 Å². The summed E-state index contributed by atoms with van der Waals surface area (Å²) in [5.74, 6) is -11.5. The molecule has 4 aromatic carbocycles. The fourth-order valence-electron chi connectivity index (χ4n) is 12.7. The molecule has 4 rings (SSSR count). The van der Waals surface area contributed by atoms with Crippen LogP contribution in [0.5, 0.6) is 0 Å². The zero-order valence-electron chi connectivity index (χ0n) is 69.1. The minimum Gasteiger partial charge on any atom is -0.480 e. The second-order valence-corrected chi connectivity index (χ2v) is 29.9. The van der Waals surface area contributed by atoms with Gasteiger partial charge in [-0.15, -0.1) is 0 Å². The number of carboxylic acids is 1. The van der Waals surface area contributed by atoms with Crippen LogP contribution in [0.2, 0.25) is 0 Å². The molecule has 4 aromatic rings. The Morgan fingerprint density at radius 1 is 0.235 bits per heavy atom. The maximum Gasteiger partial charge on any atom is 0.326 e. The van der Waals surface area contributed by atoms with Crippen molar-refractivity contribution < 1.29 is 72.2 Å². The van der Waals surface area contributed by atoms with Crippen molar-refractivity contribution in [1.82, 2.24) is 69.1 Å². The highest BCUT2D eigenvalue weighted by molar-refractivity contribution is 6.00. The Kier molecular flexibility index (Phi) is 47.8. The highest BCUT2D eigenvalue weighted by Gasteiger charge is 2.37. The summed E-state index contributed by atoms with van der Waals surface area (Å²) in [6.45, 7) is 7.16. The molecular formula is C84H130N20O15. The number of carboxylic acid groups (broad SMARTS) is 1. The molecule has 0 bridgehead atoms. The van der Waals surface area contributed by atoms with Crippen LogP contribution in [-0.4, -0.2) is 212 Å². The largest absolute Gasteiger partial charge is 0.480 e. The molecule has 0 heterocycles. The second-order valence-electron chi connectivity index (χ2n) is 29.9. The van der Waals surface area contributed by atoms with E-state index in [4.69, 9.17) is 40.1 Å². The molecule has 13 amide bonds. The number of hydrogen-bond donors (Lipinski definition) is 21. The van der Waals surface area contributed by atoms with Gasteiger partial charge in [-0.1, -0.05) is 128 Å². The maximum absolute atomic E-state index is 14.8. The van der Waals surface area contributed by atoms with Gasteiger partial charge in [-0.25, -0.2) is 4.79 Å². The van der Waals surface area contributed by atoms with E-state index in [0.717, 1.165) is 0 Å². The summed E-state index contributed by atoms with van der Waals surface area (Å²) in [7, 11) is 0. The van der Waals surface area contributed by atoms with E-state index >= 15 is 0 Å². The Labute approximate surface area is 697 Å². The number of nitrogens with one attached hydrogen (secondary N) is 13. The predicted molar refractivity (Wildman–Crippen MR) is 451 cm³/mol. The summed E-state index contributed by atoms with van der Waals surface area (Å²) in [5.41, 5.74) is 43.4. The molecule has 0 saturated heterocycles. The number of nitrogens with two attached hydrogens (primary N) is 7. The number of carbonyl (C=O) groups is 14. The molecule has 0 fully saturated rings. The second kappa shape index (κ2) is 56.5. The number of amides is 13. The Balaban J connectivity index is 1.55. The number of hydrogen-bond acceptors (Lipinski definition) is 21. The molecule has 0 unspecified atom stereocenters. The fraction of sp³-hybridized carbons (Fsp3) is 0.548. The van der Waals surface area contributed by atoms with Crippen molar-refractivity contribution in [3.8, 4) is 0 Å². The first-order chi connectivity index (χ1) is 57.1. The van der Waals surface area contributed by atoms with Crippen LogP contribution in [-0.2, 0) is 92.8 Å². The van der Waals surface area contributed by atoms with Gasteiger partial charge in [-0.3, -0.25) is 62.3 Å². The highest BCUT2D eigenvalue weighted by Crippen LogP contribution is 2.15. The van der Waals surface area contributed by atoms with Gasteiger partial charge in [0.05, 0.1) is 6.04 Å². The predicted octanol–water partition coefficient (Wildman–Crippen LogP) is -1.47. The molecule has 656 valence electrons. The van der Waals surface area contributed by atoms with E-state index in [1.54, 1.807) is 121 Å². The molecule has 14 atom stereocenters. The average molecular weight is 1660 g/mol. The number of carbonyl (C=O) groups excluding carboxylic acids is 13. The molecule has 35 heteroatoms. The third kappa shape index (κ3) is 38.6. The molecule has 119 heavy (non-hydrogen) atoms.